The summed E-state index contributed by atoms with van der Waals surface area (Å²) in [6.45, 7) is 2.34. The molecular formula is C14H18FNO4S. The van der Waals surface area contributed by atoms with E-state index in [2.05, 4.69) is 11.8 Å². The Bertz CT molecular complexity index is 674. The summed E-state index contributed by atoms with van der Waals surface area (Å²) in [6.07, 6.45) is 0. The molecule has 0 amide bonds. The minimum Gasteiger partial charge on any atom is -0.394 e. The number of nitrogens with zero attached hydrogens (tertiary/aromatic N) is 1. The van der Waals surface area contributed by atoms with Crippen LogP contribution in [0.25, 0.3) is 0 Å². The normalized spacial score (nSPS) is 12.1. The minimum absolute atomic E-state index is 0.00655. The van der Waals surface area contributed by atoms with Crippen LogP contribution in [0.5, 0.6) is 0 Å². The van der Waals surface area contributed by atoms with Gasteiger partial charge in [-0.25, -0.2) is 12.8 Å². The first kappa shape index (κ1) is 17.6. The zero-order valence-electron chi connectivity index (χ0n) is 12.1. The van der Waals surface area contributed by atoms with Gasteiger partial charge in [0.2, 0.25) is 10.0 Å². The topological polar surface area (TPSA) is 77.8 Å². The second-order valence-corrected chi connectivity index (χ2v) is 7.01. The maximum Gasteiger partial charge on any atom is 0.243 e. The molecule has 116 valence electrons. The van der Waals surface area contributed by atoms with Gasteiger partial charge >= 0.3 is 0 Å². The van der Waals surface area contributed by atoms with Crippen LogP contribution in [-0.2, 0) is 10.0 Å². The third kappa shape index (κ3) is 3.80. The van der Waals surface area contributed by atoms with Gasteiger partial charge in [-0.1, -0.05) is 11.8 Å². The maximum atomic E-state index is 13.8. The van der Waals surface area contributed by atoms with E-state index in [9.17, 15) is 17.9 Å². The number of hydrogen-bond acceptors (Lipinski definition) is 4. The van der Waals surface area contributed by atoms with E-state index in [0.29, 0.717) is 0 Å². The highest BCUT2D eigenvalue weighted by atomic mass is 32.2. The molecule has 7 heteroatoms. The summed E-state index contributed by atoms with van der Waals surface area (Å²) in [4.78, 5) is -0.224. The second-order valence-electron chi connectivity index (χ2n) is 5.04. The van der Waals surface area contributed by atoms with Gasteiger partial charge in [0.25, 0.3) is 0 Å². The quantitative estimate of drug-likeness (QED) is 0.796. The van der Waals surface area contributed by atoms with E-state index in [0.717, 1.165) is 10.4 Å². The number of sulfonamides is 1. The highest BCUT2D eigenvalue weighted by molar-refractivity contribution is 7.89. The Kier molecular flexibility index (Phi) is 5.48. The number of aliphatic hydroxyl groups excluding tert-OH is 2. The molecule has 0 heterocycles. The second kappa shape index (κ2) is 6.54. The third-order valence-corrected chi connectivity index (χ3v) is 5.21. The first-order valence-corrected chi connectivity index (χ1v) is 7.60. The molecule has 2 N–H and O–H groups in total. The van der Waals surface area contributed by atoms with E-state index >= 15 is 0 Å². The van der Waals surface area contributed by atoms with Gasteiger partial charge in [0.05, 0.1) is 22.6 Å². The molecule has 1 aromatic rings. The Morgan fingerprint density at radius 3 is 2.43 bits per heavy atom. The molecule has 0 aliphatic rings. The average molecular weight is 315 g/mol. The standard InChI is InChI=1S/C14H18FNO4S/c1-14(2,10-18)16(3)21(19,20)12-7-6-11(5-4-8-17)13(15)9-12/h6-7,9,17-18H,8,10H2,1-3H3. The number of halogens is 1. The van der Waals surface area contributed by atoms with Crippen molar-refractivity contribution >= 4 is 10.0 Å². The van der Waals surface area contributed by atoms with Crippen molar-refractivity contribution in [3.63, 3.8) is 0 Å². The van der Waals surface area contributed by atoms with Crippen molar-refractivity contribution in [3.05, 3.63) is 29.6 Å². The molecule has 0 bridgehead atoms. The highest BCUT2D eigenvalue weighted by Crippen LogP contribution is 2.23. The van der Waals surface area contributed by atoms with E-state index in [-0.39, 0.29) is 17.1 Å². The lowest BCUT2D eigenvalue weighted by molar-refractivity contribution is 0.138. The lowest BCUT2D eigenvalue weighted by atomic mass is 10.1. The first-order chi connectivity index (χ1) is 9.66. The van der Waals surface area contributed by atoms with Gasteiger partial charge in [-0.2, -0.15) is 4.31 Å². The van der Waals surface area contributed by atoms with Crippen molar-refractivity contribution in [1.29, 1.82) is 0 Å². The third-order valence-electron chi connectivity index (χ3n) is 3.14. The van der Waals surface area contributed by atoms with Crippen LogP contribution in [-0.4, -0.2) is 48.7 Å². The van der Waals surface area contributed by atoms with E-state index < -0.39 is 28.0 Å². The minimum atomic E-state index is -3.93. The maximum absolute atomic E-state index is 13.8. The van der Waals surface area contributed by atoms with Gasteiger partial charge in [0.1, 0.15) is 12.4 Å². The zero-order valence-corrected chi connectivity index (χ0v) is 12.9. The van der Waals surface area contributed by atoms with Crippen LogP contribution in [0.2, 0.25) is 0 Å². The summed E-state index contributed by atoms with van der Waals surface area (Å²) in [5, 5.41) is 17.8. The van der Waals surface area contributed by atoms with Crippen molar-refractivity contribution in [2.45, 2.75) is 24.3 Å². The van der Waals surface area contributed by atoms with Crippen LogP contribution in [0, 0.1) is 17.7 Å². The van der Waals surface area contributed by atoms with Crippen molar-refractivity contribution in [1.82, 2.24) is 4.31 Å². The molecule has 0 fully saturated rings. The van der Waals surface area contributed by atoms with Gasteiger partial charge in [-0.15, -0.1) is 0 Å². The molecular weight excluding hydrogens is 297 g/mol. The Labute approximate surface area is 124 Å². The summed E-state index contributed by atoms with van der Waals surface area (Å²) in [5.74, 6) is 3.90. The van der Waals surface area contributed by atoms with Crippen molar-refractivity contribution in [3.8, 4) is 11.8 Å². The molecule has 0 saturated heterocycles. The number of likely N-dealkylation sites (N-methyl/N-ethyl adjacent to an activating group) is 1. The summed E-state index contributed by atoms with van der Waals surface area (Å²) < 4.78 is 39.6. The Balaban J connectivity index is 3.25. The molecule has 0 unspecified atom stereocenters. The smallest absolute Gasteiger partial charge is 0.243 e. The molecule has 0 spiro atoms. The summed E-state index contributed by atoms with van der Waals surface area (Å²) in [6, 6.07) is 3.36. The fourth-order valence-electron chi connectivity index (χ4n) is 1.48. The molecule has 0 saturated carbocycles. The number of rotatable bonds is 4. The van der Waals surface area contributed by atoms with Crippen molar-refractivity contribution < 1.29 is 23.0 Å². The van der Waals surface area contributed by atoms with Crippen molar-refractivity contribution in [2.75, 3.05) is 20.3 Å². The van der Waals surface area contributed by atoms with E-state index in [1.165, 1.54) is 19.2 Å². The Hall–Kier alpha value is -1.46. The SMILES string of the molecule is CN(C(C)(C)CO)S(=O)(=O)c1ccc(C#CCO)c(F)c1. The van der Waals surface area contributed by atoms with Crippen LogP contribution >= 0.6 is 0 Å². The van der Waals surface area contributed by atoms with Crippen molar-refractivity contribution in [2.24, 2.45) is 0 Å². The zero-order chi connectivity index (χ0) is 16.3. The van der Waals surface area contributed by atoms with Crippen LogP contribution in [0.1, 0.15) is 19.4 Å². The average Bonchev–Trinajstić information content (AvgIpc) is 2.44. The molecule has 0 aliphatic carbocycles. The molecule has 1 rings (SSSR count). The predicted octanol–water partition coefficient (Wildman–Crippen LogP) is 0.561. The Morgan fingerprint density at radius 1 is 1.33 bits per heavy atom. The lowest BCUT2D eigenvalue weighted by Gasteiger charge is -2.32. The molecule has 0 aromatic heterocycles. The largest absolute Gasteiger partial charge is 0.394 e. The van der Waals surface area contributed by atoms with Crippen LogP contribution < -0.4 is 0 Å². The monoisotopic (exact) mass is 315 g/mol. The van der Waals surface area contributed by atoms with Gasteiger partial charge in [0.15, 0.2) is 0 Å². The molecule has 0 aliphatic heterocycles. The highest BCUT2D eigenvalue weighted by Gasteiger charge is 2.33. The molecule has 0 radical (unpaired) electrons. The van der Waals surface area contributed by atoms with Gasteiger partial charge in [-0.3, -0.25) is 0 Å². The molecule has 5 nitrogen and oxygen atoms in total. The first-order valence-electron chi connectivity index (χ1n) is 6.16. The molecule has 0 atom stereocenters. The van der Waals surface area contributed by atoms with Gasteiger partial charge < -0.3 is 10.2 Å². The fraction of sp³-hybridized carbons (Fsp3) is 0.429. The van der Waals surface area contributed by atoms with E-state index in [4.69, 9.17) is 5.11 Å². The number of benzene rings is 1. The number of hydrogen-bond donors (Lipinski definition) is 2. The van der Waals surface area contributed by atoms with Gasteiger partial charge in [0, 0.05) is 7.05 Å². The lowest BCUT2D eigenvalue weighted by Crippen LogP contribution is -2.47. The van der Waals surface area contributed by atoms with Crippen LogP contribution in [0.4, 0.5) is 4.39 Å². The fourth-order valence-corrected chi connectivity index (χ4v) is 2.99. The summed E-state index contributed by atoms with van der Waals surface area (Å²) in [7, 11) is -2.61. The molecule has 1 aromatic carbocycles. The van der Waals surface area contributed by atoms with E-state index in [1.54, 1.807) is 13.8 Å². The Morgan fingerprint density at radius 2 is 1.95 bits per heavy atom. The van der Waals surface area contributed by atoms with Crippen LogP contribution in [0.3, 0.4) is 0 Å². The number of aliphatic hydroxyl groups is 2. The van der Waals surface area contributed by atoms with E-state index in [1.807, 2.05) is 0 Å². The molecule has 21 heavy (non-hydrogen) atoms. The summed E-state index contributed by atoms with van der Waals surface area (Å²) in [5.41, 5.74) is -1.00. The van der Waals surface area contributed by atoms with Gasteiger partial charge in [-0.05, 0) is 32.0 Å². The van der Waals surface area contributed by atoms with Crippen LogP contribution in [0.15, 0.2) is 23.1 Å². The predicted molar refractivity (Wildman–Crippen MR) is 76.5 cm³/mol. The summed E-state index contributed by atoms with van der Waals surface area (Å²) >= 11 is 0.